The highest BCUT2D eigenvalue weighted by Crippen LogP contribution is 2.24. The fourth-order valence-electron chi connectivity index (χ4n) is 2.38. The quantitative estimate of drug-likeness (QED) is 0.629. The van der Waals surface area contributed by atoms with E-state index in [1.807, 2.05) is 36.4 Å². The second-order valence-electron chi connectivity index (χ2n) is 7.41. The third-order valence-corrected chi connectivity index (χ3v) is 4.19. The second-order valence-corrected chi connectivity index (χ2v) is 7.41. The van der Waals surface area contributed by atoms with Crippen LogP contribution in [0.15, 0.2) is 48.5 Å². The average Bonchev–Trinajstić information content (AvgIpc) is 2.59. The summed E-state index contributed by atoms with van der Waals surface area (Å²) in [6.07, 6.45) is 1.26. The molecule has 0 aliphatic carbocycles. The molecule has 1 atom stereocenters. The Morgan fingerprint density at radius 2 is 1.52 bits per heavy atom. The van der Waals surface area contributed by atoms with Crippen LogP contribution in [0.3, 0.4) is 0 Å². The number of hydrogen-bond acceptors (Lipinski definition) is 3. The minimum Gasteiger partial charge on any atom is -0.492 e. The van der Waals surface area contributed by atoms with E-state index in [9.17, 15) is 0 Å². The molecule has 0 amide bonds. The van der Waals surface area contributed by atoms with E-state index in [2.05, 4.69) is 52.1 Å². The maximum Gasteiger partial charge on any atom is 0.119 e. The summed E-state index contributed by atoms with van der Waals surface area (Å²) in [7, 11) is 0. The summed E-state index contributed by atoms with van der Waals surface area (Å²) >= 11 is 0. The van der Waals surface area contributed by atoms with E-state index in [1.54, 1.807) is 0 Å². The van der Waals surface area contributed by atoms with Crippen molar-refractivity contribution in [1.82, 2.24) is 0 Å². The lowest BCUT2D eigenvalue weighted by Crippen LogP contribution is -2.13. The van der Waals surface area contributed by atoms with Crippen molar-refractivity contribution in [3.8, 4) is 11.5 Å². The van der Waals surface area contributed by atoms with Gasteiger partial charge in [-0.2, -0.15) is 0 Å². The van der Waals surface area contributed by atoms with E-state index < -0.39 is 0 Å². The zero-order valence-corrected chi connectivity index (χ0v) is 16.1. The van der Waals surface area contributed by atoms with Gasteiger partial charge in [0.2, 0.25) is 0 Å². The lowest BCUT2D eigenvalue weighted by Gasteiger charge is -2.19. The van der Waals surface area contributed by atoms with Gasteiger partial charge in [-0.1, -0.05) is 39.8 Å². The van der Waals surface area contributed by atoms with E-state index in [-0.39, 0.29) is 11.5 Å². The van der Waals surface area contributed by atoms with Crippen LogP contribution in [0.4, 0.5) is 5.69 Å². The molecular weight excluding hydrogens is 310 g/mol. The molecule has 0 bridgehead atoms. The largest absolute Gasteiger partial charge is 0.492 e. The van der Waals surface area contributed by atoms with Crippen molar-refractivity contribution in [1.29, 1.82) is 0 Å². The van der Waals surface area contributed by atoms with E-state index in [1.165, 1.54) is 5.56 Å². The molecule has 0 heterocycles. The van der Waals surface area contributed by atoms with Gasteiger partial charge in [0.05, 0.1) is 6.10 Å². The number of anilines is 1. The fraction of sp³-hybridized carbons (Fsp3) is 0.455. The lowest BCUT2D eigenvalue weighted by atomic mass is 9.87. The van der Waals surface area contributed by atoms with E-state index >= 15 is 0 Å². The standard InChI is InChI=1S/C22H31NO2/c1-6-17(2)25-21-13-9-19(10-14-21)23-15-16-24-20-11-7-18(8-12-20)22(3,4)5/h7-14,17,23H,6,15-16H2,1-5H3. The number of hydrogen-bond donors (Lipinski definition) is 1. The number of benzene rings is 2. The Balaban J connectivity index is 1.74. The predicted octanol–water partition coefficient (Wildman–Crippen LogP) is 5.65. The highest BCUT2D eigenvalue weighted by atomic mass is 16.5. The van der Waals surface area contributed by atoms with Gasteiger partial charge in [-0.25, -0.2) is 0 Å². The van der Waals surface area contributed by atoms with Crippen LogP contribution in [-0.4, -0.2) is 19.3 Å². The zero-order chi connectivity index (χ0) is 18.3. The summed E-state index contributed by atoms with van der Waals surface area (Å²) < 4.78 is 11.6. The molecule has 0 aromatic heterocycles. The highest BCUT2D eigenvalue weighted by molar-refractivity contribution is 5.46. The third-order valence-electron chi connectivity index (χ3n) is 4.19. The first-order chi connectivity index (χ1) is 11.9. The van der Waals surface area contributed by atoms with Crippen molar-refractivity contribution >= 4 is 5.69 Å². The molecule has 0 saturated carbocycles. The third kappa shape index (κ3) is 6.33. The molecular formula is C22H31NO2. The van der Waals surface area contributed by atoms with Crippen LogP contribution < -0.4 is 14.8 Å². The molecule has 1 N–H and O–H groups in total. The highest BCUT2D eigenvalue weighted by Gasteiger charge is 2.12. The van der Waals surface area contributed by atoms with Crippen LogP contribution in [0.2, 0.25) is 0 Å². The molecule has 0 spiro atoms. The average molecular weight is 341 g/mol. The van der Waals surface area contributed by atoms with Crippen LogP contribution in [-0.2, 0) is 5.41 Å². The summed E-state index contributed by atoms with van der Waals surface area (Å²) in [5, 5.41) is 3.36. The molecule has 2 aromatic rings. The molecule has 25 heavy (non-hydrogen) atoms. The first kappa shape index (κ1) is 19.2. The summed E-state index contributed by atoms with van der Waals surface area (Å²) in [6.45, 7) is 12.2. The van der Waals surface area contributed by atoms with Gasteiger partial charge >= 0.3 is 0 Å². The van der Waals surface area contributed by atoms with Crippen molar-refractivity contribution in [2.45, 2.75) is 52.6 Å². The Kier molecular flexibility index (Phi) is 6.74. The maximum absolute atomic E-state index is 5.80. The Hall–Kier alpha value is -2.16. The number of nitrogens with one attached hydrogen (secondary N) is 1. The monoisotopic (exact) mass is 341 g/mol. The predicted molar refractivity (Wildman–Crippen MR) is 106 cm³/mol. The Morgan fingerprint density at radius 1 is 0.920 bits per heavy atom. The summed E-state index contributed by atoms with van der Waals surface area (Å²) in [4.78, 5) is 0. The minimum absolute atomic E-state index is 0.172. The molecule has 0 aliphatic heterocycles. The van der Waals surface area contributed by atoms with E-state index in [4.69, 9.17) is 9.47 Å². The molecule has 2 aromatic carbocycles. The minimum atomic E-state index is 0.172. The Morgan fingerprint density at radius 3 is 2.08 bits per heavy atom. The van der Waals surface area contributed by atoms with Crippen molar-refractivity contribution in [2.24, 2.45) is 0 Å². The van der Waals surface area contributed by atoms with Crippen LogP contribution in [0.1, 0.15) is 46.6 Å². The molecule has 2 rings (SSSR count). The second kappa shape index (κ2) is 8.80. The molecule has 0 aliphatic rings. The number of ether oxygens (including phenoxy) is 2. The van der Waals surface area contributed by atoms with Gasteiger partial charge in [-0.15, -0.1) is 0 Å². The summed E-state index contributed by atoms with van der Waals surface area (Å²) in [5.74, 6) is 1.82. The first-order valence-corrected chi connectivity index (χ1v) is 9.12. The van der Waals surface area contributed by atoms with Crippen molar-refractivity contribution in [2.75, 3.05) is 18.5 Å². The maximum atomic E-state index is 5.80. The van der Waals surface area contributed by atoms with Crippen molar-refractivity contribution in [3.05, 3.63) is 54.1 Å². The van der Waals surface area contributed by atoms with Gasteiger partial charge in [0.1, 0.15) is 18.1 Å². The van der Waals surface area contributed by atoms with Crippen LogP contribution >= 0.6 is 0 Å². The fourth-order valence-corrected chi connectivity index (χ4v) is 2.38. The summed E-state index contributed by atoms with van der Waals surface area (Å²) in [5.41, 5.74) is 2.56. The van der Waals surface area contributed by atoms with Gasteiger partial charge in [0, 0.05) is 12.2 Å². The van der Waals surface area contributed by atoms with Crippen LogP contribution in [0.5, 0.6) is 11.5 Å². The zero-order valence-electron chi connectivity index (χ0n) is 16.1. The van der Waals surface area contributed by atoms with Gasteiger partial charge in [0.15, 0.2) is 0 Å². The van der Waals surface area contributed by atoms with Gasteiger partial charge in [-0.3, -0.25) is 0 Å². The topological polar surface area (TPSA) is 30.5 Å². The van der Waals surface area contributed by atoms with Crippen LogP contribution in [0.25, 0.3) is 0 Å². The summed E-state index contributed by atoms with van der Waals surface area (Å²) in [6, 6.07) is 16.4. The van der Waals surface area contributed by atoms with Crippen LogP contribution in [0, 0.1) is 0 Å². The normalized spacial score (nSPS) is 12.5. The smallest absolute Gasteiger partial charge is 0.119 e. The van der Waals surface area contributed by atoms with E-state index in [0.29, 0.717) is 6.61 Å². The molecule has 3 heteroatoms. The lowest BCUT2D eigenvalue weighted by molar-refractivity contribution is 0.217. The molecule has 0 saturated heterocycles. The van der Waals surface area contributed by atoms with Gasteiger partial charge in [0.25, 0.3) is 0 Å². The van der Waals surface area contributed by atoms with Gasteiger partial charge < -0.3 is 14.8 Å². The van der Waals surface area contributed by atoms with Crippen molar-refractivity contribution < 1.29 is 9.47 Å². The molecule has 1 unspecified atom stereocenters. The molecule has 136 valence electrons. The molecule has 3 nitrogen and oxygen atoms in total. The Labute approximate surface area is 152 Å². The SMILES string of the molecule is CCC(C)Oc1ccc(NCCOc2ccc(C(C)(C)C)cc2)cc1. The molecule has 0 fully saturated rings. The number of rotatable bonds is 8. The van der Waals surface area contributed by atoms with Crippen molar-refractivity contribution in [3.63, 3.8) is 0 Å². The first-order valence-electron chi connectivity index (χ1n) is 9.12. The van der Waals surface area contributed by atoms with Gasteiger partial charge in [-0.05, 0) is 60.7 Å². The van der Waals surface area contributed by atoms with E-state index in [0.717, 1.165) is 30.2 Å². The molecule has 0 radical (unpaired) electrons. The Bertz CT molecular complexity index is 627.